The normalized spacial score (nSPS) is 14.3. The van der Waals surface area contributed by atoms with Crippen LogP contribution in [0, 0.1) is 6.92 Å². The number of nitrogens with one attached hydrogen (secondary N) is 1. The lowest BCUT2D eigenvalue weighted by Crippen LogP contribution is -2.30. The number of fused-ring (bicyclic) bond motifs is 3. The van der Waals surface area contributed by atoms with Crippen LogP contribution in [0.2, 0.25) is 0 Å². The monoisotopic (exact) mass is 485 g/mol. The lowest BCUT2D eigenvalue weighted by Gasteiger charge is -2.18. The predicted octanol–water partition coefficient (Wildman–Crippen LogP) is 4.65. The number of hydrogen-bond donors (Lipinski definition) is 1. The predicted molar refractivity (Wildman–Crippen MR) is 135 cm³/mol. The summed E-state index contributed by atoms with van der Waals surface area (Å²) in [5.74, 6) is 0.142. The number of ether oxygens (including phenoxy) is 1. The lowest BCUT2D eigenvalue weighted by atomic mass is 9.97. The molecule has 3 aromatic rings. The van der Waals surface area contributed by atoms with Crippen LogP contribution in [0.5, 0.6) is 0 Å². The molecule has 1 N–H and O–H groups in total. The number of benzene rings is 1. The summed E-state index contributed by atoms with van der Waals surface area (Å²) in [6.45, 7) is 4.96. The fraction of sp³-hybridized carbons (Fsp3) is 0.480. The fourth-order valence-electron chi connectivity index (χ4n) is 4.30. The van der Waals surface area contributed by atoms with E-state index < -0.39 is 0 Å². The van der Waals surface area contributed by atoms with Crippen LogP contribution >= 0.6 is 23.1 Å². The zero-order chi connectivity index (χ0) is 23.4. The minimum atomic E-state index is -0.0643. The zero-order valence-electron chi connectivity index (χ0n) is 19.5. The van der Waals surface area contributed by atoms with Gasteiger partial charge in [-0.05, 0) is 50.2 Å². The highest BCUT2D eigenvalue weighted by Gasteiger charge is 2.23. The average molecular weight is 486 g/mol. The van der Waals surface area contributed by atoms with Gasteiger partial charge in [0.25, 0.3) is 5.56 Å². The number of amides is 1. The number of hydrogen-bond acceptors (Lipinski definition) is 6. The molecule has 1 aliphatic rings. The first-order chi connectivity index (χ1) is 16.0. The van der Waals surface area contributed by atoms with E-state index in [1.165, 1.54) is 34.2 Å². The second-order valence-corrected chi connectivity index (χ2v) is 10.5. The number of carbonyl (C=O) groups is 1. The molecule has 1 atom stereocenters. The van der Waals surface area contributed by atoms with Gasteiger partial charge in [-0.15, -0.1) is 11.3 Å². The Bertz CT molecular complexity index is 1180. The van der Waals surface area contributed by atoms with E-state index in [4.69, 9.17) is 9.72 Å². The van der Waals surface area contributed by atoms with E-state index in [2.05, 4.69) is 43.4 Å². The summed E-state index contributed by atoms with van der Waals surface area (Å²) in [5, 5.41) is 4.48. The molecular formula is C25H31N3O3S2. The summed E-state index contributed by atoms with van der Waals surface area (Å²) >= 11 is 2.96. The summed E-state index contributed by atoms with van der Waals surface area (Å²) in [6.07, 6.45) is 5.06. The van der Waals surface area contributed by atoms with Crippen LogP contribution in [0.25, 0.3) is 10.2 Å². The van der Waals surface area contributed by atoms with Crippen molar-refractivity contribution in [1.82, 2.24) is 14.9 Å². The molecule has 0 saturated heterocycles. The zero-order valence-corrected chi connectivity index (χ0v) is 21.1. The first-order valence-electron chi connectivity index (χ1n) is 11.5. The Labute approximate surface area is 202 Å². The van der Waals surface area contributed by atoms with Crippen molar-refractivity contribution in [2.24, 2.45) is 0 Å². The second-order valence-electron chi connectivity index (χ2n) is 8.46. The molecule has 33 heavy (non-hydrogen) atoms. The number of thiophene rings is 1. The SMILES string of the molecule is CC[C@@H](NC(=O)CSc1nc2sc3c(c2c(=O)n1CCOC)CCCC3)c1ccc(C)cc1. The molecule has 0 spiro atoms. The smallest absolute Gasteiger partial charge is 0.263 e. The van der Waals surface area contributed by atoms with Crippen LogP contribution in [-0.2, 0) is 28.9 Å². The standard InChI is InChI=1S/C25H31N3O3S2/c1-4-19(17-11-9-16(2)10-12-17)26-21(29)15-32-25-27-23-22(24(30)28(25)13-14-31-3)18-7-5-6-8-20(18)33-23/h9-12,19H,4-8,13-15H2,1-3H3,(H,26,29)/t19-/m1/s1. The summed E-state index contributed by atoms with van der Waals surface area (Å²) in [4.78, 5) is 33.2. The average Bonchev–Trinajstić information content (AvgIpc) is 3.20. The second kappa shape index (κ2) is 10.8. The Morgan fingerprint density at radius 3 is 2.76 bits per heavy atom. The van der Waals surface area contributed by atoms with E-state index >= 15 is 0 Å². The van der Waals surface area contributed by atoms with E-state index in [9.17, 15) is 9.59 Å². The van der Waals surface area contributed by atoms with Gasteiger partial charge in [0.15, 0.2) is 5.16 Å². The van der Waals surface area contributed by atoms with E-state index in [-0.39, 0.29) is 23.3 Å². The van der Waals surface area contributed by atoms with Gasteiger partial charge in [-0.3, -0.25) is 14.2 Å². The quantitative estimate of drug-likeness (QED) is 0.353. The summed E-state index contributed by atoms with van der Waals surface area (Å²) in [5.41, 5.74) is 3.47. The maximum absolute atomic E-state index is 13.4. The van der Waals surface area contributed by atoms with Gasteiger partial charge in [-0.25, -0.2) is 4.98 Å². The molecule has 2 aromatic heterocycles. The van der Waals surface area contributed by atoms with Crippen molar-refractivity contribution in [3.8, 4) is 0 Å². The molecule has 1 amide bonds. The minimum absolute atomic E-state index is 0.00884. The van der Waals surface area contributed by atoms with Crippen molar-refractivity contribution in [3.05, 3.63) is 56.2 Å². The molecule has 176 valence electrons. The molecule has 0 aliphatic heterocycles. The number of rotatable bonds is 9. The molecule has 4 rings (SSSR count). The summed E-state index contributed by atoms with van der Waals surface area (Å²) in [6, 6.07) is 8.22. The highest BCUT2D eigenvalue weighted by Crippen LogP contribution is 2.34. The molecular weight excluding hydrogens is 454 g/mol. The van der Waals surface area contributed by atoms with Crippen LogP contribution < -0.4 is 10.9 Å². The van der Waals surface area contributed by atoms with Gasteiger partial charge in [-0.1, -0.05) is 48.5 Å². The lowest BCUT2D eigenvalue weighted by molar-refractivity contribution is -0.119. The topological polar surface area (TPSA) is 73.2 Å². The van der Waals surface area contributed by atoms with Crippen molar-refractivity contribution >= 4 is 39.2 Å². The molecule has 0 bridgehead atoms. The fourth-order valence-corrected chi connectivity index (χ4v) is 6.43. The molecule has 0 radical (unpaired) electrons. The summed E-state index contributed by atoms with van der Waals surface area (Å²) in [7, 11) is 1.62. The molecule has 1 aromatic carbocycles. The Morgan fingerprint density at radius 2 is 2.03 bits per heavy atom. The Kier molecular flexibility index (Phi) is 7.88. The Morgan fingerprint density at radius 1 is 1.27 bits per heavy atom. The number of aryl methyl sites for hydroxylation is 3. The third-order valence-corrected chi connectivity index (χ3v) is 8.28. The number of carbonyl (C=O) groups excluding carboxylic acids is 1. The third-order valence-electron chi connectivity index (χ3n) is 6.11. The maximum atomic E-state index is 13.4. The van der Waals surface area contributed by atoms with Crippen LogP contribution in [0.3, 0.4) is 0 Å². The van der Waals surface area contributed by atoms with Crippen molar-refractivity contribution in [2.45, 2.75) is 63.7 Å². The molecule has 0 fully saturated rings. The van der Waals surface area contributed by atoms with Gasteiger partial charge in [0.05, 0.1) is 30.3 Å². The molecule has 0 unspecified atom stereocenters. The van der Waals surface area contributed by atoms with Crippen LogP contribution in [0.4, 0.5) is 0 Å². The molecule has 1 aliphatic carbocycles. The highest BCUT2D eigenvalue weighted by molar-refractivity contribution is 7.99. The van der Waals surface area contributed by atoms with E-state index in [0.29, 0.717) is 18.3 Å². The largest absolute Gasteiger partial charge is 0.383 e. The number of methoxy groups -OCH3 is 1. The Balaban J connectivity index is 1.55. The first-order valence-corrected chi connectivity index (χ1v) is 13.3. The van der Waals surface area contributed by atoms with Crippen LogP contribution in [0.15, 0.2) is 34.2 Å². The van der Waals surface area contributed by atoms with Gasteiger partial charge in [0.1, 0.15) is 4.83 Å². The van der Waals surface area contributed by atoms with Gasteiger partial charge < -0.3 is 10.1 Å². The van der Waals surface area contributed by atoms with Crippen molar-refractivity contribution in [1.29, 1.82) is 0 Å². The third kappa shape index (κ3) is 5.34. The molecule has 8 heteroatoms. The number of thioether (sulfide) groups is 1. The Hall–Kier alpha value is -2.16. The van der Waals surface area contributed by atoms with Crippen LogP contribution in [0.1, 0.15) is 53.8 Å². The minimum Gasteiger partial charge on any atom is -0.383 e. The van der Waals surface area contributed by atoms with Gasteiger partial charge in [-0.2, -0.15) is 0 Å². The van der Waals surface area contributed by atoms with E-state index in [1.807, 2.05) is 0 Å². The highest BCUT2D eigenvalue weighted by atomic mass is 32.2. The van der Waals surface area contributed by atoms with E-state index in [1.54, 1.807) is 23.0 Å². The summed E-state index contributed by atoms with van der Waals surface area (Å²) < 4.78 is 6.92. The van der Waals surface area contributed by atoms with Gasteiger partial charge in [0, 0.05) is 12.0 Å². The van der Waals surface area contributed by atoms with Crippen molar-refractivity contribution in [2.75, 3.05) is 19.5 Å². The van der Waals surface area contributed by atoms with Gasteiger partial charge in [0.2, 0.25) is 5.91 Å². The number of aromatic nitrogens is 2. The van der Waals surface area contributed by atoms with Crippen LogP contribution in [-0.4, -0.2) is 34.9 Å². The molecule has 2 heterocycles. The first kappa shape index (κ1) is 24.0. The van der Waals surface area contributed by atoms with Gasteiger partial charge >= 0.3 is 0 Å². The molecule has 6 nitrogen and oxygen atoms in total. The molecule has 0 saturated carbocycles. The van der Waals surface area contributed by atoms with Crippen molar-refractivity contribution in [3.63, 3.8) is 0 Å². The van der Waals surface area contributed by atoms with E-state index in [0.717, 1.165) is 41.5 Å². The van der Waals surface area contributed by atoms with Crippen molar-refractivity contribution < 1.29 is 9.53 Å². The number of nitrogens with zero attached hydrogens (tertiary/aromatic N) is 2. The maximum Gasteiger partial charge on any atom is 0.263 e.